The van der Waals surface area contributed by atoms with Gasteiger partial charge in [0.15, 0.2) is 5.78 Å². The van der Waals surface area contributed by atoms with E-state index in [1.54, 1.807) is 61.9 Å². The third-order valence-electron chi connectivity index (χ3n) is 15.7. The predicted octanol–water partition coefficient (Wildman–Crippen LogP) is 7.20. The van der Waals surface area contributed by atoms with Crippen molar-refractivity contribution in [2.24, 2.45) is 35.5 Å². The number of likely N-dealkylation sites (tertiary alicyclic amines) is 2. The number of likely N-dealkylation sites (N-methyl/N-ethyl adjacent to an activating group) is 2. The van der Waals surface area contributed by atoms with Crippen molar-refractivity contribution in [3.8, 4) is 0 Å². The van der Waals surface area contributed by atoms with Gasteiger partial charge >= 0.3 is 5.97 Å². The molecule has 2 heterocycles. The molecule has 2 aliphatic heterocycles. The SMILES string of the molecule is CC[C@H](C)[C@@H]([C@@H](CC(=O)N1[C@H]2C[C@H]2C[C@H]1[C@H](OC)[C@@H](C)C(=O)N[C@@H](Cc1ccccc1Cl)C(=O)O)OC)N(C)C(=O)[C@@H](CC(=O)[C@H](C(C)C)N(C)C(=O)CCCCCN1C(=O)CC(SCCCPC)C1=O)C(C)C. The largest absolute Gasteiger partial charge is 0.480 e. The van der Waals surface area contributed by atoms with Gasteiger partial charge in [-0.2, -0.15) is 0 Å². The third kappa shape index (κ3) is 16.4. The van der Waals surface area contributed by atoms with Crippen LogP contribution in [0.1, 0.15) is 125 Å². The van der Waals surface area contributed by atoms with Crippen LogP contribution in [0.3, 0.4) is 0 Å². The van der Waals surface area contributed by atoms with Crippen molar-refractivity contribution in [2.45, 2.75) is 173 Å². The third-order valence-corrected chi connectivity index (χ3v) is 18.3. The number of unbranched alkanes of at least 4 members (excludes halogenated alkanes) is 2. The van der Waals surface area contributed by atoms with Gasteiger partial charge in [0, 0.05) is 77.5 Å². The van der Waals surface area contributed by atoms with E-state index in [-0.39, 0.29) is 102 Å². The molecule has 0 aromatic heterocycles. The zero-order valence-corrected chi connectivity index (χ0v) is 48.7. The van der Waals surface area contributed by atoms with E-state index in [2.05, 4.69) is 12.0 Å². The topological polar surface area (TPSA) is 200 Å². The lowest BCUT2D eigenvalue weighted by Gasteiger charge is -2.41. The van der Waals surface area contributed by atoms with Gasteiger partial charge in [-0.1, -0.05) is 91.1 Å². The van der Waals surface area contributed by atoms with Gasteiger partial charge < -0.3 is 34.6 Å². The summed E-state index contributed by atoms with van der Waals surface area (Å²) >= 11 is 7.89. The van der Waals surface area contributed by atoms with E-state index in [0.29, 0.717) is 49.2 Å². The molecule has 416 valence electrons. The number of amides is 6. The van der Waals surface area contributed by atoms with E-state index in [1.165, 1.54) is 24.0 Å². The lowest BCUT2D eigenvalue weighted by molar-refractivity contribution is -0.150. The second-order valence-corrected chi connectivity index (χ2v) is 24.5. The van der Waals surface area contributed by atoms with Crippen LogP contribution in [0.2, 0.25) is 5.02 Å². The number of hydrogen-bond acceptors (Lipinski definition) is 11. The van der Waals surface area contributed by atoms with E-state index in [9.17, 15) is 43.5 Å². The Morgan fingerprint density at radius 2 is 1.61 bits per heavy atom. The molecule has 2 N–H and O–H groups in total. The van der Waals surface area contributed by atoms with Crippen LogP contribution in [-0.2, 0) is 54.3 Å². The maximum atomic E-state index is 14.8. The van der Waals surface area contributed by atoms with Crippen LogP contribution in [0.25, 0.3) is 0 Å². The number of fused-ring (bicyclic) bond motifs is 1. The zero-order chi connectivity index (χ0) is 55.1. The summed E-state index contributed by atoms with van der Waals surface area (Å²) < 4.78 is 12.1. The van der Waals surface area contributed by atoms with Crippen molar-refractivity contribution < 1.29 is 52.9 Å². The molecule has 3 aliphatic rings. The minimum Gasteiger partial charge on any atom is -0.480 e. The molecule has 4 rings (SSSR count). The lowest BCUT2D eigenvalue weighted by Crippen LogP contribution is -2.55. The number of aliphatic carboxylic acids is 1. The number of halogens is 1. The summed E-state index contributed by atoms with van der Waals surface area (Å²) in [5.41, 5.74) is 0.584. The number of carbonyl (C=O) groups is 8. The first-order chi connectivity index (χ1) is 35.0. The van der Waals surface area contributed by atoms with Crippen molar-refractivity contribution >= 4 is 79.1 Å². The fourth-order valence-electron chi connectivity index (χ4n) is 11.2. The summed E-state index contributed by atoms with van der Waals surface area (Å²) in [7, 11) is 7.24. The van der Waals surface area contributed by atoms with Gasteiger partial charge in [0.05, 0.1) is 47.9 Å². The van der Waals surface area contributed by atoms with Crippen LogP contribution in [0, 0.1) is 35.5 Å². The van der Waals surface area contributed by atoms with Crippen molar-refractivity contribution in [1.82, 2.24) is 24.9 Å². The van der Waals surface area contributed by atoms with Crippen LogP contribution in [-0.4, -0.2) is 173 Å². The summed E-state index contributed by atoms with van der Waals surface area (Å²) in [5.74, 6) is -3.84. The zero-order valence-electron chi connectivity index (χ0n) is 46.1. The van der Waals surface area contributed by atoms with Gasteiger partial charge in [0.2, 0.25) is 35.4 Å². The highest BCUT2D eigenvalue weighted by molar-refractivity contribution is 8.00. The summed E-state index contributed by atoms with van der Waals surface area (Å²) in [4.78, 5) is 115. The minimum absolute atomic E-state index is 0.0147. The molecule has 1 aliphatic carbocycles. The minimum atomic E-state index is -1.24. The van der Waals surface area contributed by atoms with E-state index in [4.69, 9.17) is 21.1 Å². The number of imide groups is 1. The highest BCUT2D eigenvalue weighted by atomic mass is 35.5. The fraction of sp³-hybridized carbons (Fsp3) is 0.745. The standard InChI is InChI=1S/C55H87ClN5O11PS/c1-13-34(6)50(44(71-10)30-48(65)61-41-27-37(41)28-42(61)51(72-11)35(7)52(66)57-40(55(69)70)26-36-20-16-17-21-39(36)56)59(9)53(67)38(32(2)3)29-43(62)49(33(4)5)58(8)46(63)22-15-14-18-23-60-47(64)31-45(54(60)68)74-25-19-24-73-12/h16-17,20-21,32-35,37-38,40-42,44-45,49-51,73H,13-15,18-19,22-31H2,1-12H3,(H,57,66)(H,69,70)/t34-,35+,37-,38-,40-,41-,42-,44+,45?,49-,50-,51+/m0/s1. The molecule has 2 unspecified atom stereocenters. The monoisotopic (exact) mass is 1090 g/mol. The first-order valence-corrected chi connectivity index (χ1v) is 30.0. The second-order valence-electron chi connectivity index (χ2n) is 21.6. The number of ketones is 1. The molecule has 1 saturated carbocycles. The summed E-state index contributed by atoms with van der Waals surface area (Å²) in [6.07, 6.45) is 4.86. The number of rotatable bonds is 33. The number of Topliss-reactive ketones (excluding diaryl/α,β-unsaturated/α-hetero) is 1. The number of carboxylic acids is 1. The van der Waals surface area contributed by atoms with Gasteiger partial charge in [0.25, 0.3) is 0 Å². The number of nitrogens with one attached hydrogen (secondary N) is 1. The van der Waals surface area contributed by atoms with Crippen LogP contribution < -0.4 is 5.32 Å². The molecule has 1 aromatic rings. The molecule has 3 fully saturated rings. The Bertz CT molecular complexity index is 2100. The van der Waals surface area contributed by atoms with Gasteiger partial charge in [-0.3, -0.25) is 38.5 Å². The number of piperidine rings is 1. The Kier molecular flexibility index (Phi) is 25.3. The van der Waals surface area contributed by atoms with E-state index in [1.807, 2.05) is 46.4 Å². The normalized spacial score (nSPS) is 21.8. The molecular formula is C55H87ClN5O11PS. The number of nitrogens with zero attached hydrogens (tertiary/aromatic N) is 4. The highest BCUT2D eigenvalue weighted by Gasteiger charge is 2.57. The Labute approximate surface area is 452 Å². The number of carbonyl (C=O) groups excluding carboxylic acids is 7. The quantitative estimate of drug-likeness (QED) is 0.0408. The predicted molar refractivity (Wildman–Crippen MR) is 292 cm³/mol. The first-order valence-electron chi connectivity index (χ1n) is 26.8. The van der Waals surface area contributed by atoms with Crippen molar-refractivity contribution in [3.05, 3.63) is 34.9 Å². The number of carboxylic acid groups (broad SMARTS) is 1. The highest BCUT2D eigenvalue weighted by Crippen LogP contribution is 2.50. The van der Waals surface area contributed by atoms with Crippen LogP contribution in [0.15, 0.2) is 24.3 Å². The molecule has 6 amide bonds. The molecule has 19 heteroatoms. The number of ether oxygens (including phenoxy) is 2. The molecule has 0 spiro atoms. The van der Waals surface area contributed by atoms with Crippen molar-refractivity contribution in [3.63, 3.8) is 0 Å². The van der Waals surface area contributed by atoms with E-state index < -0.39 is 60.1 Å². The van der Waals surface area contributed by atoms with Gasteiger partial charge in [0.1, 0.15) is 6.04 Å². The summed E-state index contributed by atoms with van der Waals surface area (Å²) in [5, 5.41) is 12.8. The molecule has 13 atom stereocenters. The smallest absolute Gasteiger partial charge is 0.326 e. The Morgan fingerprint density at radius 1 is 0.919 bits per heavy atom. The molecule has 16 nitrogen and oxygen atoms in total. The van der Waals surface area contributed by atoms with E-state index in [0.717, 1.165) is 33.3 Å². The second kappa shape index (κ2) is 29.8. The maximum absolute atomic E-state index is 14.8. The van der Waals surface area contributed by atoms with Crippen molar-refractivity contribution in [2.75, 3.05) is 53.4 Å². The van der Waals surface area contributed by atoms with Crippen LogP contribution >= 0.6 is 31.9 Å². The Hall–Kier alpha value is -3.63. The Balaban J connectivity index is 1.39. The number of methoxy groups -OCH3 is 2. The molecular weight excluding hydrogens is 1010 g/mol. The van der Waals surface area contributed by atoms with Crippen molar-refractivity contribution in [1.29, 1.82) is 0 Å². The first kappa shape index (κ1) is 62.9. The van der Waals surface area contributed by atoms with Gasteiger partial charge in [-0.25, -0.2) is 4.79 Å². The molecule has 74 heavy (non-hydrogen) atoms. The van der Waals surface area contributed by atoms with E-state index >= 15 is 0 Å². The molecule has 0 bridgehead atoms. The summed E-state index contributed by atoms with van der Waals surface area (Å²) in [6.45, 7) is 15.8. The molecule has 0 radical (unpaired) electrons. The van der Waals surface area contributed by atoms with Gasteiger partial charge in [-0.15, -0.1) is 20.3 Å². The molecule has 2 saturated heterocycles. The number of benzene rings is 1. The van der Waals surface area contributed by atoms with Crippen LogP contribution in [0.5, 0.6) is 0 Å². The lowest BCUT2D eigenvalue weighted by atomic mass is 9.83. The average Bonchev–Trinajstić information content (AvgIpc) is 3.93. The van der Waals surface area contributed by atoms with Crippen LogP contribution in [0.4, 0.5) is 0 Å². The maximum Gasteiger partial charge on any atom is 0.326 e. The number of thioether (sulfide) groups is 1. The average molecular weight is 1090 g/mol. The molecule has 1 aromatic carbocycles. The number of hydrogen-bond donors (Lipinski definition) is 2. The Morgan fingerprint density at radius 3 is 2.20 bits per heavy atom. The fourth-order valence-corrected chi connectivity index (χ4v) is 13.3. The summed E-state index contributed by atoms with van der Waals surface area (Å²) in [6, 6.07) is 3.81. The van der Waals surface area contributed by atoms with Gasteiger partial charge in [-0.05, 0) is 86.0 Å².